The second-order valence-electron chi connectivity index (χ2n) is 5.00. The van der Waals surface area contributed by atoms with E-state index in [1.807, 2.05) is 0 Å². The molecule has 1 saturated heterocycles. The van der Waals surface area contributed by atoms with Gasteiger partial charge in [0.25, 0.3) is 5.91 Å². The molecule has 0 bridgehead atoms. The average Bonchev–Trinajstić information content (AvgIpc) is 2.85. The maximum absolute atomic E-state index is 12.1. The van der Waals surface area contributed by atoms with Gasteiger partial charge in [-0.15, -0.1) is 0 Å². The Labute approximate surface area is 123 Å². The summed E-state index contributed by atoms with van der Waals surface area (Å²) < 4.78 is 30.2. The van der Waals surface area contributed by atoms with Crippen molar-refractivity contribution in [3.8, 4) is 0 Å². The highest BCUT2D eigenvalue weighted by molar-refractivity contribution is 7.92. The van der Waals surface area contributed by atoms with Gasteiger partial charge in [-0.2, -0.15) is 0 Å². The first-order valence-electron chi connectivity index (χ1n) is 6.61. The molecule has 21 heavy (non-hydrogen) atoms. The largest absolute Gasteiger partial charge is 0.364 e. The molecule has 1 fully saturated rings. The van der Waals surface area contributed by atoms with Gasteiger partial charge in [0.15, 0.2) is 0 Å². The molecule has 1 heterocycles. The van der Waals surface area contributed by atoms with Gasteiger partial charge in [-0.05, 0) is 31.0 Å². The highest BCUT2D eigenvalue weighted by Crippen LogP contribution is 2.21. The molecule has 2 atom stereocenters. The third kappa shape index (κ3) is 4.69. The molecule has 116 valence electrons. The van der Waals surface area contributed by atoms with E-state index >= 15 is 0 Å². The molecule has 2 unspecified atom stereocenters. The Morgan fingerprint density at radius 1 is 1.38 bits per heavy atom. The number of amides is 1. The molecule has 2 rings (SSSR count). The number of carbonyl (C=O) groups excluding carboxylic acids is 1. The van der Waals surface area contributed by atoms with Gasteiger partial charge in [0, 0.05) is 12.2 Å². The van der Waals surface area contributed by atoms with Gasteiger partial charge >= 0.3 is 0 Å². The summed E-state index contributed by atoms with van der Waals surface area (Å²) in [7, 11) is -3.35. The Morgan fingerprint density at radius 2 is 2.10 bits per heavy atom. The summed E-state index contributed by atoms with van der Waals surface area (Å²) >= 11 is 0. The fourth-order valence-electron chi connectivity index (χ4n) is 2.17. The first-order chi connectivity index (χ1) is 9.87. The minimum Gasteiger partial charge on any atom is -0.364 e. The van der Waals surface area contributed by atoms with Crippen LogP contribution in [0.5, 0.6) is 0 Å². The summed E-state index contributed by atoms with van der Waals surface area (Å²) in [6.45, 7) is 0.400. The predicted molar refractivity (Wildman–Crippen MR) is 80.5 cm³/mol. The summed E-state index contributed by atoms with van der Waals surface area (Å²) in [6.07, 6.45) is 1.89. The Balaban J connectivity index is 2.00. The van der Waals surface area contributed by atoms with Crippen molar-refractivity contribution in [1.29, 1.82) is 0 Å². The monoisotopic (exact) mass is 313 g/mol. The standard InChI is InChI=1S/C13H19N3O4S/c1-21(18,19)16-10-4-2-3-9(7-10)15-13(17)12-6-5-11(8-14)20-12/h2-4,7,11-12,16H,5-6,8,14H2,1H3,(H,15,17). The summed E-state index contributed by atoms with van der Waals surface area (Å²) in [6, 6.07) is 6.49. The van der Waals surface area contributed by atoms with Crippen LogP contribution in [0.1, 0.15) is 12.8 Å². The number of ether oxygens (including phenoxy) is 1. The van der Waals surface area contributed by atoms with E-state index in [1.165, 1.54) is 0 Å². The van der Waals surface area contributed by atoms with Gasteiger partial charge in [0.1, 0.15) is 6.10 Å². The number of rotatable bonds is 5. The minimum atomic E-state index is -3.35. The van der Waals surface area contributed by atoms with Crippen molar-refractivity contribution in [3.63, 3.8) is 0 Å². The summed E-state index contributed by atoms with van der Waals surface area (Å²) in [5.41, 5.74) is 6.40. The number of hydrogen-bond acceptors (Lipinski definition) is 5. The molecular weight excluding hydrogens is 294 g/mol. The summed E-state index contributed by atoms with van der Waals surface area (Å²) in [5, 5.41) is 2.72. The van der Waals surface area contributed by atoms with Gasteiger partial charge in [-0.25, -0.2) is 8.42 Å². The van der Waals surface area contributed by atoms with Crippen LogP contribution < -0.4 is 15.8 Å². The maximum Gasteiger partial charge on any atom is 0.253 e. The fraction of sp³-hybridized carbons (Fsp3) is 0.462. The smallest absolute Gasteiger partial charge is 0.253 e. The van der Waals surface area contributed by atoms with Crippen LogP contribution in [-0.2, 0) is 19.6 Å². The van der Waals surface area contributed by atoms with Crippen molar-refractivity contribution < 1.29 is 17.9 Å². The first-order valence-corrected chi connectivity index (χ1v) is 8.51. The van der Waals surface area contributed by atoms with E-state index in [9.17, 15) is 13.2 Å². The molecule has 1 aliphatic heterocycles. The zero-order valence-electron chi connectivity index (χ0n) is 11.7. The molecule has 1 aromatic rings. The van der Waals surface area contributed by atoms with E-state index in [0.29, 0.717) is 24.3 Å². The Morgan fingerprint density at radius 3 is 2.71 bits per heavy atom. The fourth-order valence-corrected chi connectivity index (χ4v) is 2.72. The molecule has 0 aliphatic carbocycles. The number of sulfonamides is 1. The maximum atomic E-state index is 12.1. The molecule has 1 amide bonds. The SMILES string of the molecule is CS(=O)(=O)Nc1cccc(NC(=O)C2CCC(CN)O2)c1. The van der Waals surface area contributed by atoms with E-state index in [-0.39, 0.29) is 12.0 Å². The van der Waals surface area contributed by atoms with Crippen LogP contribution in [0.4, 0.5) is 11.4 Å². The Kier molecular flexibility index (Phi) is 4.81. The topological polar surface area (TPSA) is 111 Å². The number of carbonyl (C=O) groups is 1. The van der Waals surface area contributed by atoms with E-state index in [2.05, 4.69) is 10.0 Å². The van der Waals surface area contributed by atoms with E-state index in [4.69, 9.17) is 10.5 Å². The Bertz CT molecular complexity index is 618. The number of hydrogen-bond donors (Lipinski definition) is 3. The third-order valence-corrected chi connectivity index (χ3v) is 3.70. The lowest BCUT2D eigenvalue weighted by Gasteiger charge is -2.13. The van der Waals surface area contributed by atoms with Gasteiger partial charge in [0.05, 0.1) is 18.0 Å². The number of nitrogens with one attached hydrogen (secondary N) is 2. The van der Waals surface area contributed by atoms with E-state index in [1.54, 1.807) is 24.3 Å². The van der Waals surface area contributed by atoms with Crippen molar-refractivity contribution in [3.05, 3.63) is 24.3 Å². The van der Waals surface area contributed by atoms with Crippen molar-refractivity contribution >= 4 is 27.3 Å². The van der Waals surface area contributed by atoms with Crippen LogP contribution in [0.3, 0.4) is 0 Å². The lowest BCUT2D eigenvalue weighted by molar-refractivity contribution is -0.126. The van der Waals surface area contributed by atoms with Crippen molar-refractivity contribution in [2.75, 3.05) is 22.8 Å². The van der Waals surface area contributed by atoms with E-state index < -0.39 is 16.1 Å². The minimum absolute atomic E-state index is 0.0704. The van der Waals surface area contributed by atoms with Crippen LogP contribution in [0.2, 0.25) is 0 Å². The molecule has 0 spiro atoms. The summed E-state index contributed by atoms with van der Waals surface area (Å²) in [4.78, 5) is 12.1. The predicted octanol–water partition coefficient (Wildman–Crippen LogP) is 0.503. The number of anilines is 2. The molecule has 4 N–H and O–H groups in total. The first kappa shape index (κ1) is 15.7. The van der Waals surface area contributed by atoms with Crippen LogP contribution in [-0.4, -0.2) is 39.3 Å². The molecule has 8 heteroatoms. The van der Waals surface area contributed by atoms with Crippen LogP contribution in [0.15, 0.2) is 24.3 Å². The number of nitrogens with two attached hydrogens (primary N) is 1. The van der Waals surface area contributed by atoms with Gasteiger partial charge in [-0.1, -0.05) is 6.07 Å². The average molecular weight is 313 g/mol. The summed E-state index contributed by atoms with van der Waals surface area (Å²) in [5.74, 6) is -0.248. The van der Waals surface area contributed by atoms with Crippen LogP contribution >= 0.6 is 0 Å². The zero-order chi connectivity index (χ0) is 15.5. The highest BCUT2D eigenvalue weighted by atomic mass is 32.2. The van der Waals surface area contributed by atoms with Crippen molar-refractivity contribution in [1.82, 2.24) is 0 Å². The molecule has 7 nitrogen and oxygen atoms in total. The van der Waals surface area contributed by atoms with E-state index in [0.717, 1.165) is 12.7 Å². The second kappa shape index (κ2) is 6.42. The van der Waals surface area contributed by atoms with Crippen LogP contribution in [0.25, 0.3) is 0 Å². The molecule has 0 aromatic heterocycles. The second-order valence-corrected chi connectivity index (χ2v) is 6.75. The molecule has 0 saturated carbocycles. The molecule has 0 radical (unpaired) electrons. The molecule has 1 aromatic carbocycles. The van der Waals surface area contributed by atoms with Crippen molar-refractivity contribution in [2.45, 2.75) is 25.0 Å². The van der Waals surface area contributed by atoms with Crippen LogP contribution in [0, 0.1) is 0 Å². The highest BCUT2D eigenvalue weighted by Gasteiger charge is 2.29. The third-order valence-electron chi connectivity index (χ3n) is 3.10. The van der Waals surface area contributed by atoms with Gasteiger partial charge in [-0.3, -0.25) is 9.52 Å². The number of benzene rings is 1. The Hall–Kier alpha value is -1.64. The van der Waals surface area contributed by atoms with Gasteiger partial charge in [0.2, 0.25) is 10.0 Å². The lowest BCUT2D eigenvalue weighted by Crippen LogP contribution is -2.29. The lowest BCUT2D eigenvalue weighted by atomic mass is 10.2. The zero-order valence-corrected chi connectivity index (χ0v) is 12.5. The molecule has 1 aliphatic rings. The normalized spacial score (nSPS) is 22.0. The molecular formula is C13H19N3O4S. The van der Waals surface area contributed by atoms with Gasteiger partial charge < -0.3 is 15.8 Å². The quantitative estimate of drug-likeness (QED) is 0.733. The van der Waals surface area contributed by atoms with Crippen molar-refractivity contribution in [2.24, 2.45) is 5.73 Å².